The van der Waals surface area contributed by atoms with Crippen LogP contribution < -0.4 is 14.2 Å². The minimum absolute atomic E-state index is 0.680. The molecule has 0 unspecified atom stereocenters. The molecular weight excluding hydrogens is 681 g/mol. The third-order valence-electron chi connectivity index (χ3n) is 9.86. The fourth-order valence-corrected chi connectivity index (χ4v) is 7.32. The molecular formula is C48H38N4O3. The monoisotopic (exact) mass is 718 g/mol. The Balaban J connectivity index is 1.11. The van der Waals surface area contributed by atoms with Gasteiger partial charge in [0.2, 0.25) is 0 Å². The largest absolute Gasteiger partial charge is 0.457 e. The molecule has 0 aliphatic carbocycles. The van der Waals surface area contributed by atoms with Crippen molar-refractivity contribution in [1.82, 2.24) is 19.3 Å². The number of pyridine rings is 1. The molecule has 0 saturated carbocycles. The zero-order chi connectivity index (χ0) is 37.5. The van der Waals surface area contributed by atoms with Crippen LogP contribution in [0.3, 0.4) is 0 Å². The maximum absolute atomic E-state index is 6.63. The van der Waals surface area contributed by atoms with Gasteiger partial charge in [-0.25, -0.2) is 9.67 Å². The van der Waals surface area contributed by atoms with E-state index in [1.807, 2.05) is 127 Å². The highest BCUT2D eigenvalue weighted by atomic mass is 16.5. The lowest BCUT2D eigenvalue weighted by Crippen LogP contribution is -2.00. The zero-order valence-corrected chi connectivity index (χ0v) is 31.0. The molecule has 3 heterocycles. The van der Waals surface area contributed by atoms with E-state index in [0.717, 1.165) is 90.0 Å². The molecule has 7 nitrogen and oxygen atoms in total. The summed E-state index contributed by atoms with van der Waals surface area (Å²) in [7, 11) is 0. The lowest BCUT2D eigenvalue weighted by atomic mass is 9.98. The summed E-state index contributed by atoms with van der Waals surface area (Å²) < 4.78 is 23.9. The maximum Gasteiger partial charge on any atom is 0.142 e. The van der Waals surface area contributed by atoms with E-state index in [1.54, 1.807) is 0 Å². The normalized spacial score (nSPS) is 11.3. The molecule has 55 heavy (non-hydrogen) atoms. The summed E-state index contributed by atoms with van der Waals surface area (Å²) in [5, 5.41) is 7.39. The molecule has 0 saturated heterocycles. The number of hydrogen-bond acceptors (Lipinski definition) is 5. The second kappa shape index (κ2) is 14.0. The first-order valence-corrected chi connectivity index (χ1v) is 18.3. The van der Waals surface area contributed by atoms with Crippen LogP contribution in [0.4, 0.5) is 0 Å². The summed E-state index contributed by atoms with van der Waals surface area (Å²) in [5.41, 5.74) is 8.68. The van der Waals surface area contributed by atoms with Crippen molar-refractivity contribution in [2.24, 2.45) is 0 Å². The molecule has 0 atom stereocenters. The van der Waals surface area contributed by atoms with Gasteiger partial charge in [0, 0.05) is 40.4 Å². The van der Waals surface area contributed by atoms with Crippen molar-refractivity contribution in [2.75, 3.05) is 0 Å². The molecule has 0 radical (unpaired) electrons. The first-order chi connectivity index (χ1) is 26.9. The first-order valence-electron chi connectivity index (χ1n) is 18.3. The highest BCUT2D eigenvalue weighted by Gasteiger charge is 2.25. The number of fused-ring (bicyclic) bond motifs is 3. The Bertz CT molecular complexity index is 2840. The number of aromatic nitrogens is 4. The van der Waals surface area contributed by atoms with E-state index < -0.39 is 0 Å². The lowest BCUT2D eigenvalue weighted by Gasteiger charge is -2.19. The van der Waals surface area contributed by atoms with Crippen LogP contribution >= 0.6 is 0 Å². The number of benzene rings is 6. The maximum atomic E-state index is 6.63. The Labute approximate surface area is 319 Å². The highest BCUT2D eigenvalue weighted by molar-refractivity contribution is 6.09. The van der Waals surface area contributed by atoms with Crippen LogP contribution in [0.25, 0.3) is 44.4 Å². The van der Waals surface area contributed by atoms with Crippen LogP contribution in [0.15, 0.2) is 158 Å². The van der Waals surface area contributed by atoms with E-state index >= 15 is 0 Å². The second-order valence-corrected chi connectivity index (χ2v) is 13.7. The van der Waals surface area contributed by atoms with Gasteiger partial charge >= 0.3 is 0 Å². The SMILES string of the molecule is Cc1ccnc(-n2c3ccccc3c3ccc(Oc4cccc(-n5nc(C)c(-c6c(Oc7ccccc7)ccc(C)c6Oc6ccccc6)c5C)c4)cc32)c1. The minimum atomic E-state index is 0.680. The molecule has 0 fully saturated rings. The number of aryl methyl sites for hydroxylation is 3. The van der Waals surface area contributed by atoms with Gasteiger partial charge in [0.1, 0.15) is 40.3 Å². The van der Waals surface area contributed by atoms with E-state index in [-0.39, 0.29) is 0 Å². The quantitative estimate of drug-likeness (QED) is 0.149. The average molecular weight is 719 g/mol. The van der Waals surface area contributed by atoms with Gasteiger partial charge in [-0.3, -0.25) is 4.57 Å². The van der Waals surface area contributed by atoms with Crippen LogP contribution in [-0.2, 0) is 0 Å². The standard InChI is InChI=1S/C48H38N4O3/c1-31-26-27-49-45(28-31)51-42-21-12-11-20-40(42)41-24-23-39(30-43(41)51)53-38-19-13-14-35(29-38)52-34(4)46(33(3)50-52)47-44(54-36-15-7-5-8-16-36)25-22-32(2)48(47)55-37-17-9-6-10-18-37/h5-30H,1-4H3. The summed E-state index contributed by atoms with van der Waals surface area (Å²) in [6, 6.07) is 50.5. The van der Waals surface area contributed by atoms with Gasteiger partial charge in [-0.05, 0) is 112 Å². The molecule has 268 valence electrons. The van der Waals surface area contributed by atoms with E-state index in [2.05, 4.69) is 67.8 Å². The van der Waals surface area contributed by atoms with Gasteiger partial charge in [-0.1, -0.05) is 66.7 Å². The van der Waals surface area contributed by atoms with Crippen molar-refractivity contribution in [1.29, 1.82) is 0 Å². The molecule has 0 spiro atoms. The summed E-state index contributed by atoms with van der Waals surface area (Å²) in [6.07, 6.45) is 1.86. The van der Waals surface area contributed by atoms with Gasteiger partial charge in [0.15, 0.2) is 0 Å². The molecule has 0 aliphatic heterocycles. The minimum Gasteiger partial charge on any atom is -0.457 e. The van der Waals surface area contributed by atoms with Crippen LogP contribution in [0, 0.1) is 27.7 Å². The van der Waals surface area contributed by atoms with Crippen LogP contribution in [0.2, 0.25) is 0 Å². The van der Waals surface area contributed by atoms with Crippen LogP contribution in [0.5, 0.6) is 34.5 Å². The Morgan fingerprint density at radius 3 is 1.98 bits per heavy atom. The van der Waals surface area contributed by atoms with E-state index in [4.69, 9.17) is 24.3 Å². The first kappa shape index (κ1) is 33.7. The van der Waals surface area contributed by atoms with Crippen molar-refractivity contribution in [3.63, 3.8) is 0 Å². The highest BCUT2D eigenvalue weighted by Crippen LogP contribution is 2.47. The number of para-hydroxylation sites is 3. The molecule has 6 aromatic carbocycles. The fourth-order valence-electron chi connectivity index (χ4n) is 7.32. The lowest BCUT2D eigenvalue weighted by molar-refractivity contribution is 0.461. The zero-order valence-electron chi connectivity index (χ0n) is 31.0. The molecule has 0 aliphatic rings. The number of rotatable bonds is 9. The van der Waals surface area contributed by atoms with E-state index in [1.165, 1.54) is 0 Å². The average Bonchev–Trinajstić information content (AvgIpc) is 3.69. The predicted molar refractivity (Wildman–Crippen MR) is 220 cm³/mol. The molecule has 0 amide bonds. The molecule has 7 heteroatoms. The van der Waals surface area contributed by atoms with Gasteiger partial charge in [-0.2, -0.15) is 5.10 Å². The van der Waals surface area contributed by atoms with Crippen molar-refractivity contribution < 1.29 is 14.2 Å². The Kier molecular flexibility index (Phi) is 8.59. The third kappa shape index (κ3) is 6.36. The summed E-state index contributed by atoms with van der Waals surface area (Å²) in [5.74, 6) is 5.16. The molecule has 0 bridgehead atoms. The summed E-state index contributed by atoms with van der Waals surface area (Å²) >= 11 is 0. The topological polar surface area (TPSA) is 63.3 Å². The van der Waals surface area contributed by atoms with Gasteiger partial charge in [-0.15, -0.1) is 0 Å². The predicted octanol–water partition coefficient (Wildman–Crippen LogP) is 12.6. The van der Waals surface area contributed by atoms with Crippen LogP contribution in [0.1, 0.15) is 22.5 Å². The van der Waals surface area contributed by atoms with Gasteiger partial charge < -0.3 is 14.2 Å². The van der Waals surface area contributed by atoms with Crippen molar-refractivity contribution >= 4 is 21.8 Å². The van der Waals surface area contributed by atoms with Crippen molar-refractivity contribution in [3.05, 3.63) is 180 Å². The van der Waals surface area contributed by atoms with Gasteiger partial charge in [0.25, 0.3) is 0 Å². The van der Waals surface area contributed by atoms with Crippen molar-refractivity contribution in [2.45, 2.75) is 27.7 Å². The Morgan fingerprint density at radius 1 is 0.509 bits per heavy atom. The molecule has 3 aromatic heterocycles. The second-order valence-electron chi connectivity index (χ2n) is 13.7. The molecule has 0 N–H and O–H groups in total. The number of ether oxygens (including phenoxy) is 3. The van der Waals surface area contributed by atoms with Crippen molar-refractivity contribution in [3.8, 4) is 57.1 Å². The Hall–Kier alpha value is -7.12. The summed E-state index contributed by atoms with van der Waals surface area (Å²) in [6.45, 7) is 8.24. The van der Waals surface area contributed by atoms with Crippen LogP contribution in [-0.4, -0.2) is 19.3 Å². The number of hydrogen-bond donors (Lipinski definition) is 0. The molecule has 9 rings (SSSR count). The molecule has 9 aromatic rings. The number of nitrogens with zero attached hydrogens (tertiary/aromatic N) is 4. The van der Waals surface area contributed by atoms with Gasteiger partial charge in [0.05, 0.1) is 28.0 Å². The third-order valence-corrected chi connectivity index (χ3v) is 9.86. The fraction of sp³-hybridized carbons (Fsp3) is 0.0833. The summed E-state index contributed by atoms with van der Waals surface area (Å²) in [4.78, 5) is 4.73. The smallest absolute Gasteiger partial charge is 0.142 e. The Morgan fingerprint density at radius 2 is 1.20 bits per heavy atom. The van der Waals surface area contributed by atoms with E-state index in [0.29, 0.717) is 11.5 Å². The van der Waals surface area contributed by atoms with E-state index in [9.17, 15) is 0 Å².